The van der Waals surface area contributed by atoms with Crippen molar-refractivity contribution in [1.82, 2.24) is 9.78 Å². The molecule has 0 saturated carbocycles. The molecule has 0 fully saturated rings. The van der Waals surface area contributed by atoms with Crippen molar-refractivity contribution < 1.29 is 0 Å². The maximum absolute atomic E-state index is 5.76. The lowest BCUT2D eigenvalue weighted by atomic mass is 10.2. The van der Waals surface area contributed by atoms with Gasteiger partial charge in [0.2, 0.25) is 0 Å². The van der Waals surface area contributed by atoms with Gasteiger partial charge < -0.3 is 5.73 Å². The second-order valence-corrected chi connectivity index (χ2v) is 6.09. The van der Waals surface area contributed by atoms with Gasteiger partial charge in [-0.15, -0.1) is 11.8 Å². The number of halogens is 1. The Morgan fingerprint density at radius 1 is 1.39 bits per heavy atom. The number of nitrogen functional groups attached to an aromatic ring is 1. The first-order valence-electron chi connectivity index (χ1n) is 5.66. The second-order valence-electron chi connectivity index (χ2n) is 4.28. The van der Waals surface area contributed by atoms with Gasteiger partial charge in [0, 0.05) is 23.4 Å². The van der Waals surface area contributed by atoms with Gasteiger partial charge in [-0.2, -0.15) is 5.10 Å². The summed E-state index contributed by atoms with van der Waals surface area (Å²) in [4.78, 5) is 1.26. The Labute approximate surface area is 120 Å². The van der Waals surface area contributed by atoms with E-state index in [4.69, 9.17) is 5.73 Å². The topological polar surface area (TPSA) is 43.8 Å². The summed E-state index contributed by atoms with van der Waals surface area (Å²) in [6, 6.07) is 6.03. The van der Waals surface area contributed by atoms with Crippen molar-refractivity contribution in [3.8, 4) is 0 Å². The number of nitrogens with zero attached hydrogens (tertiary/aromatic N) is 2. The van der Waals surface area contributed by atoms with Crippen LogP contribution in [0.15, 0.2) is 27.6 Å². The average Bonchev–Trinajstić information content (AvgIpc) is 2.53. The summed E-state index contributed by atoms with van der Waals surface area (Å²) >= 11 is 5.39. The molecule has 18 heavy (non-hydrogen) atoms. The van der Waals surface area contributed by atoms with Gasteiger partial charge in [-0.3, -0.25) is 4.68 Å². The number of aromatic nitrogens is 2. The van der Waals surface area contributed by atoms with E-state index >= 15 is 0 Å². The molecule has 1 aromatic heterocycles. The minimum Gasteiger partial charge on any atom is -0.399 e. The number of rotatable bonds is 3. The molecular formula is C13H16BrN3S. The molecule has 0 spiro atoms. The molecule has 96 valence electrons. The molecule has 0 aliphatic rings. The van der Waals surface area contributed by atoms with Crippen molar-refractivity contribution in [3.63, 3.8) is 0 Å². The molecule has 0 atom stereocenters. The third kappa shape index (κ3) is 2.72. The second kappa shape index (κ2) is 5.36. The SMILES string of the molecule is Cc1cc(N)ccc1SCc1c(Br)c(C)nn1C. The lowest BCUT2D eigenvalue weighted by molar-refractivity contribution is 0.727. The third-order valence-electron chi connectivity index (χ3n) is 2.83. The summed E-state index contributed by atoms with van der Waals surface area (Å²) in [6.45, 7) is 4.09. The van der Waals surface area contributed by atoms with Crippen LogP contribution in [0, 0.1) is 13.8 Å². The number of hydrogen-bond acceptors (Lipinski definition) is 3. The smallest absolute Gasteiger partial charge is 0.0738 e. The van der Waals surface area contributed by atoms with Crippen LogP contribution >= 0.6 is 27.7 Å². The highest BCUT2D eigenvalue weighted by Crippen LogP contribution is 2.30. The van der Waals surface area contributed by atoms with E-state index in [1.54, 1.807) is 11.8 Å². The molecule has 2 rings (SSSR count). The van der Waals surface area contributed by atoms with Gasteiger partial charge in [-0.25, -0.2) is 0 Å². The fourth-order valence-electron chi connectivity index (χ4n) is 1.82. The molecule has 0 saturated heterocycles. The molecule has 0 aliphatic carbocycles. The fraction of sp³-hybridized carbons (Fsp3) is 0.308. The summed E-state index contributed by atoms with van der Waals surface area (Å²) < 4.78 is 3.03. The molecule has 0 bridgehead atoms. The van der Waals surface area contributed by atoms with E-state index < -0.39 is 0 Å². The number of anilines is 1. The quantitative estimate of drug-likeness (QED) is 0.691. The van der Waals surface area contributed by atoms with Crippen LogP contribution in [-0.2, 0) is 12.8 Å². The standard InChI is InChI=1S/C13H16BrN3S/c1-8-6-10(15)4-5-12(8)18-7-11-13(14)9(2)16-17(11)3/h4-6H,7,15H2,1-3H3. The van der Waals surface area contributed by atoms with E-state index in [2.05, 4.69) is 34.0 Å². The van der Waals surface area contributed by atoms with Crippen LogP contribution in [0.2, 0.25) is 0 Å². The lowest BCUT2D eigenvalue weighted by Gasteiger charge is -2.07. The van der Waals surface area contributed by atoms with E-state index in [0.717, 1.165) is 21.6 Å². The Kier molecular flexibility index (Phi) is 4.02. The van der Waals surface area contributed by atoms with Crippen molar-refractivity contribution in [2.75, 3.05) is 5.73 Å². The monoisotopic (exact) mass is 325 g/mol. The number of aryl methyl sites for hydroxylation is 3. The van der Waals surface area contributed by atoms with Crippen LogP contribution in [-0.4, -0.2) is 9.78 Å². The van der Waals surface area contributed by atoms with E-state index in [-0.39, 0.29) is 0 Å². The van der Waals surface area contributed by atoms with Gasteiger partial charge in [-0.1, -0.05) is 0 Å². The summed E-state index contributed by atoms with van der Waals surface area (Å²) in [7, 11) is 1.98. The first-order valence-corrected chi connectivity index (χ1v) is 7.44. The van der Waals surface area contributed by atoms with E-state index in [0.29, 0.717) is 0 Å². The van der Waals surface area contributed by atoms with Gasteiger partial charge in [0.25, 0.3) is 0 Å². The Bertz CT molecular complexity index is 578. The van der Waals surface area contributed by atoms with Crippen LogP contribution in [0.5, 0.6) is 0 Å². The molecule has 0 unspecified atom stereocenters. The highest BCUT2D eigenvalue weighted by Gasteiger charge is 2.11. The van der Waals surface area contributed by atoms with Crippen LogP contribution in [0.25, 0.3) is 0 Å². The van der Waals surface area contributed by atoms with Crippen molar-refractivity contribution in [1.29, 1.82) is 0 Å². The Morgan fingerprint density at radius 2 is 2.11 bits per heavy atom. The highest BCUT2D eigenvalue weighted by molar-refractivity contribution is 9.10. The van der Waals surface area contributed by atoms with Crippen LogP contribution in [0.3, 0.4) is 0 Å². The lowest BCUT2D eigenvalue weighted by Crippen LogP contribution is -1.97. The van der Waals surface area contributed by atoms with Crippen LogP contribution in [0.1, 0.15) is 17.0 Å². The Morgan fingerprint density at radius 3 is 2.67 bits per heavy atom. The maximum Gasteiger partial charge on any atom is 0.0738 e. The molecule has 0 radical (unpaired) electrons. The summed E-state index contributed by atoms with van der Waals surface area (Å²) in [5.41, 5.74) is 10.0. The number of benzene rings is 1. The van der Waals surface area contributed by atoms with Gasteiger partial charge in [0.15, 0.2) is 0 Å². The molecule has 1 aromatic carbocycles. The van der Waals surface area contributed by atoms with Crippen LogP contribution in [0.4, 0.5) is 5.69 Å². The van der Waals surface area contributed by atoms with E-state index in [1.807, 2.05) is 30.8 Å². The van der Waals surface area contributed by atoms with Gasteiger partial charge >= 0.3 is 0 Å². The summed E-state index contributed by atoms with van der Waals surface area (Å²) in [5.74, 6) is 0.892. The number of thioether (sulfide) groups is 1. The molecule has 0 amide bonds. The fourth-order valence-corrected chi connectivity index (χ4v) is 3.55. The zero-order chi connectivity index (χ0) is 13.3. The first kappa shape index (κ1) is 13.5. The molecular weight excluding hydrogens is 310 g/mol. The van der Waals surface area contributed by atoms with E-state index in [1.165, 1.54) is 16.2 Å². The maximum atomic E-state index is 5.76. The summed E-state index contributed by atoms with van der Waals surface area (Å²) in [5, 5.41) is 4.40. The zero-order valence-corrected chi connectivity index (χ0v) is 13.1. The van der Waals surface area contributed by atoms with Gasteiger partial charge in [-0.05, 0) is 53.5 Å². The Hall–Kier alpha value is -0.940. The molecule has 5 heteroatoms. The van der Waals surface area contributed by atoms with Crippen molar-refractivity contribution in [3.05, 3.63) is 39.6 Å². The largest absolute Gasteiger partial charge is 0.399 e. The highest BCUT2D eigenvalue weighted by atomic mass is 79.9. The molecule has 3 nitrogen and oxygen atoms in total. The minimum atomic E-state index is 0.814. The van der Waals surface area contributed by atoms with E-state index in [9.17, 15) is 0 Å². The van der Waals surface area contributed by atoms with Gasteiger partial charge in [0.05, 0.1) is 15.9 Å². The molecule has 2 aromatic rings. The minimum absolute atomic E-state index is 0.814. The van der Waals surface area contributed by atoms with Crippen molar-refractivity contribution in [2.24, 2.45) is 7.05 Å². The predicted octanol–water partition coefficient (Wildman–Crippen LogP) is 3.67. The summed E-state index contributed by atoms with van der Waals surface area (Å²) in [6.07, 6.45) is 0. The molecule has 2 N–H and O–H groups in total. The average molecular weight is 326 g/mol. The van der Waals surface area contributed by atoms with Crippen LogP contribution < -0.4 is 5.73 Å². The van der Waals surface area contributed by atoms with Gasteiger partial charge in [0.1, 0.15) is 0 Å². The van der Waals surface area contributed by atoms with Crippen molar-refractivity contribution in [2.45, 2.75) is 24.5 Å². The zero-order valence-electron chi connectivity index (χ0n) is 10.7. The molecule has 0 aliphatic heterocycles. The Balaban J connectivity index is 2.16. The normalized spacial score (nSPS) is 10.9. The number of nitrogens with two attached hydrogens (primary N) is 1. The number of hydrogen-bond donors (Lipinski definition) is 1. The van der Waals surface area contributed by atoms with Crippen molar-refractivity contribution >= 4 is 33.4 Å². The third-order valence-corrected chi connectivity index (χ3v) is 5.04. The predicted molar refractivity (Wildman–Crippen MR) is 80.8 cm³/mol. The molecule has 1 heterocycles. The first-order chi connectivity index (χ1) is 8.49.